The number of hydrogen-bond donors (Lipinski definition) is 1. The van der Waals surface area contributed by atoms with E-state index in [1.165, 1.54) is 11.8 Å². The van der Waals surface area contributed by atoms with Gasteiger partial charge in [0.1, 0.15) is 0 Å². The zero-order valence-electron chi connectivity index (χ0n) is 15.2. The lowest BCUT2D eigenvalue weighted by Crippen LogP contribution is -2.47. The van der Waals surface area contributed by atoms with Gasteiger partial charge in [-0.05, 0) is 50.1 Å². The van der Waals surface area contributed by atoms with Crippen LogP contribution < -0.4 is 5.32 Å². The first kappa shape index (κ1) is 20.8. The molecule has 1 N–H and O–H groups in total. The van der Waals surface area contributed by atoms with Crippen molar-refractivity contribution in [2.24, 2.45) is 5.41 Å². The van der Waals surface area contributed by atoms with Crippen LogP contribution in [0, 0.1) is 5.41 Å². The Bertz CT molecular complexity index is 609. The quantitative estimate of drug-likeness (QED) is 0.588. The lowest BCUT2D eigenvalue weighted by molar-refractivity contribution is -0.126. The second-order valence-electron chi connectivity index (χ2n) is 7.59. The van der Waals surface area contributed by atoms with Gasteiger partial charge in [-0.3, -0.25) is 4.79 Å². The van der Waals surface area contributed by atoms with Crippen molar-refractivity contribution in [3.05, 3.63) is 28.8 Å². The Balaban J connectivity index is 2.63. The highest BCUT2D eigenvalue weighted by molar-refractivity contribution is 7.98. The highest BCUT2D eigenvalue weighted by Crippen LogP contribution is 2.27. The number of halogens is 1. The van der Waals surface area contributed by atoms with Crippen molar-refractivity contribution in [2.45, 2.75) is 51.5 Å². The van der Waals surface area contributed by atoms with Crippen molar-refractivity contribution in [1.82, 2.24) is 5.32 Å². The van der Waals surface area contributed by atoms with Crippen LogP contribution in [0.15, 0.2) is 23.1 Å². The van der Waals surface area contributed by atoms with Gasteiger partial charge in [0.2, 0.25) is 0 Å². The molecule has 24 heavy (non-hydrogen) atoms. The maximum Gasteiger partial charge on any atom is 0.340 e. The molecule has 0 saturated carbocycles. The SMILES string of the molecule is CSc1ccc(Cl)c(C(=O)OCC(=O)NC(C)(C)CC(C)(C)C)c1. The predicted molar refractivity (Wildman–Crippen MR) is 99.8 cm³/mol. The summed E-state index contributed by atoms with van der Waals surface area (Å²) in [6.07, 6.45) is 2.71. The second-order valence-corrected chi connectivity index (χ2v) is 8.88. The standard InChI is InChI=1S/C18H26ClNO3S/c1-17(2,3)11-18(4,5)20-15(21)10-23-16(22)13-9-12(24-6)7-8-14(13)19/h7-9H,10-11H2,1-6H3,(H,20,21). The first-order valence-corrected chi connectivity index (χ1v) is 9.35. The number of ether oxygens (including phenoxy) is 1. The number of nitrogens with one attached hydrogen (secondary N) is 1. The Kier molecular flexibility index (Phi) is 7.17. The number of carbonyl (C=O) groups is 2. The van der Waals surface area contributed by atoms with Gasteiger partial charge in [-0.15, -0.1) is 11.8 Å². The third-order valence-corrected chi connectivity index (χ3v) is 4.23. The van der Waals surface area contributed by atoms with Crippen LogP contribution in [0.4, 0.5) is 0 Å². The summed E-state index contributed by atoms with van der Waals surface area (Å²) in [7, 11) is 0. The topological polar surface area (TPSA) is 55.4 Å². The van der Waals surface area contributed by atoms with Crippen LogP contribution in [0.2, 0.25) is 5.02 Å². The van der Waals surface area contributed by atoms with Crippen LogP contribution in [0.3, 0.4) is 0 Å². The molecule has 0 aliphatic heterocycles. The van der Waals surface area contributed by atoms with Crippen LogP contribution in [0.1, 0.15) is 51.4 Å². The van der Waals surface area contributed by atoms with E-state index in [1.807, 2.05) is 26.2 Å². The first-order chi connectivity index (χ1) is 10.9. The van der Waals surface area contributed by atoms with Crippen LogP contribution in [0.25, 0.3) is 0 Å². The number of amides is 1. The molecule has 0 radical (unpaired) electrons. The molecule has 0 atom stereocenters. The highest BCUT2D eigenvalue weighted by atomic mass is 35.5. The molecule has 0 aliphatic rings. The average Bonchev–Trinajstić information content (AvgIpc) is 2.42. The maximum atomic E-state index is 12.1. The molecule has 0 aliphatic carbocycles. The van der Waals surface area contributed by atoms with Crippen LogP contribution in [0.5, 0.6) is 0 Å². The lowest BCUT2D eigenvalue weighted by Gasteiger charge is -2.33. The van der Waals surface area contributed by atoms with E-state index in [9.17, 15) is 9.59 Å². The summed E-state index contributed by atoms with van der Waals surface area (Å²) in [5.41, 5.74) is -0.0255. The maximum absolute atomic E-state index is 12.1. The van der Waals surface area contributed by atoms with Gasteiger partial charge in [0.05, 0.1) is 10.6 Å². The summed E-state index contributed by atoms with van der Waals surface area (Å²) in [6.45, 7) is 9.92. The summed E-state index contributed by atoms with van der Waals surface area (Å²) < 4.78 is 5.10. The average molecular weight is 372 g/mol. The van der Waals surface area contributed by atoms with Crippen LogP contribution in [-0.2, 0) is 9.53 Å². The number of carbonyl (C=O) groups excluding carboxylic acids is 2. The fraction of sp³-hybridized carbons (Fsp3) is 0.556. The Labute approximate surface area is 153 Å². The van der Waals surface area contributed by atoms with Gasteiger partial charge in [0, 0.05) is 10.4 Å². The Morgan fingerprint density at radius 2 is 1.83 bits per heavy atom. The fourth-order valence-corrected chi connectivity index (χ4v) is 3.41. The van der Waals surface area contributed by atoms with E-state index in [0.29, 0.717) is 5.02 Å². The van der Waals surface area contributed by atoms with Crippen molar-refractivity contribution in [1.29, 1.82) is 0 Å². The van der Waals surface area contributed by atoms with E-state index < -0.39 is 5.97 Å². The molecule has 0 bridgehead atoms. The summed E-state index contributed by atoms with van der Waals surface area (Å²) in [5, 5.41) is 3.21. The molecule has 1 aromatic carbocycles. The Morgan fingerprint density at radius 3 is 2.38 bits per heavy atom. The van der Waals surface area contributed by atoms with Crippen molar-refractivity contribution in [3.63, 3.8) is 0 Å². The van der Waals surface area contributed by atoms with Crippen LogP contribution in [-0.4, -0.2) is 30.3 Å². The third kappa shape index (κ3) is 7.14. The first-order valence-electron chi connectivity index (χ1n) is 7.75. The van der Waals surface area contributed by atoms with Crippen LogP contribution >= 0.6 is 23.4 Å². The smallest absolute Gasteiger partial charge is 0.340 e. The van der Waals surface area contributed by atoms with Gasteiger partial charge in [0.25, 0.3) is 5.91 Å². The largest absolute Gasteiger partial charge is 0.452 e. The zero-order chi connectivity index (χ0) is 18.5. The summed E-state index contributed by atoms with van der Waals surface area (Å²) in [4.78, 5) is 25.1. The lowest BCUT2D eigenvalue weighted by atomic mass is 9.82. The van der Waals surface area contributed by atoms with Crippen molar-refractivity contribution < 1.29 is 14.3 Å². The zero-order valence-corrected chi connectivity index (χ0v) is 16.7. The van der Waals surface area contributed by atoms with E-state index in [2.05, 4.69) is 26.1 Å². The van der Waals surface area contributed by atoms with Gasteiger partial charge >= 0.3 is 5.97 Å². The van der Waals surface area contributed by atoms with Crippen molar-refractivity contribution >= 4 is 35.2 Å². The minimum Gasteiger partial charge on any atom is -0.452 e. The molecule has 134 valence electrons. The number of thioether (sulfide) groups is 1. The molecule has 0 unspecified atom stereocenters. The molecule has 0 saturated heterocycles. The molecule has 0 aromatic heterocycles. The molecule has 4 nitrogen and oxygen atoms in total. The molecule has 1 rings (SSSR count). The minimum atomic E-state index is -0.598. The predicted octanol–water partition coefficient (Wildman–Crippen LogP) is 4.55. The monoisotopic (exact) mass is 371 g/mol. The number of hydrogen-bond acceptors (Lipinski definition) is 4. The number of rotatable bonds is 6. The molecule has 0 spiro atoms. The molecular weight excluding hydrogens is 346 g/mol. The molecular formula is C18H26ClNO3S. The van der Waals surface area contributed by atoms with Gasteiger partial charge in [-0.1, -0.05) is 32.4 Å². The van der Waals surface area contributed by atoms with Gasteiger partial charge < -0.3 is 10.1 Å². The van der Waals surface area contributed by atoms with Crippen molar-refractivity contribution in [2.75, 3.05) is 12.9 Å². The minimum absolute atomic E-state index is 0.0826. The summed E-state index contributed by atoms with van der Waals surface area (Å²) >= 11 is 7.53. The van der Waals surface area contributed by atoms with Gasteiger partial charge in [0.15, 0.2) is 6.61 Å². The van der Waals surface area contributed by atoms with Gasteiger partial charge in [-0.25, -0.2) is 4.79 Å². The molecule has 1 amide bonds. The highest BCUT2D eigenvalue weighted by Gasteiger charge is 2.27. The number of benzene rings is 1. The molecule has 0 fully saturated rings. The Hall–Kier alpha value is -1.20. The normalized spacial score (nSPS) is 12.0. The van der Waals surface area contributed by atoms with E-state index in [4.69, 9.17) is 16.3 Å². The van der Waals surface area contributed by atoms with Gasteiger partial charge in [-0.2, -0.15) is 0 Å². The molecule has 6 heteroatoms. The fourth-order valence-electron chi connectivity index (χ4n) is 2.78. The molecule has 1 aromatic rings. The van der Waals surface area contributed by atoms with E-state index in [0.717, 1.165) is 11.3 Å². The summed E-state index contributed by atoms with van der Waals surface area (Å²) in [5.74, 6) is -0.922. The van der Waals surface area contributed by atoms with E-state index in [1.54, 1.807) is 12.1 Å². The van der Waals surface area contributed by atoms with E-state index in [-0.39, 0.29) is 29.0 Å². The second kappa shape index (κ2) is 8.26. The van der Waals surface area contributed by atoms with E-state index >= 15 is 0 Å². The van der Waals surface area contributed by atoms with Crippen molar-refractivity contribution in [3.8, 4) is 0 Å². The number of esters is 1. The summed E-state index contributed by atoms with van der Waals surface area (Å²) in [6, 6.07) is 5.14. The third-order valence-electron chi connectivity index (χ3n) is 3.18. The Morgan fingerprint density at radius 1 is 1.21 bits per heavy atom. The molecule has 0 heterocycles.